The van der Waals surface area contributed by atoms with E-state index in [0.29, 0.717) is 39.1 Å². The molecule has 7 nitrogen and oxygen atoms in total. The van der Waals surface area contributed by atoms with Gasteiger partial charge in [-0.1, -0.05) is 30.9 Å². The van der Waals surface area contributed by atoms with Gasteiger partial charge in [0.15, 0.2) is 11.5 Å². The number of rotatable bonds is 8. The van der Waals surface area contributed by atoms with Crippen molar-refractivity contribution in [3.8, 4) is 17.2 Å². The maximum atomic E-state index is 13.0. The molecule has 2 saturated heterocycles. The molecular weight excluding hydrogens is 448 g/mol. The lowest BCUT2D eigenvalue weighted by atomic mass is 9.99. The Morgan fingerprint density at radius 2 is 1.88 bits per heavy atom. The van der Waals surface area contributed by atoms with Crippen LogP contribution in [0.3, 0.4) is 0 Å². The highest BCUT2D eigenvalue weighted by atomic mass is 32.2. The van der Waals surface area contributed by atoms with E-state index in [2.05, 4.69) is 6.92 Å². The van der Waals surface area contributed by atoms with Crippen molar-refractivity contribution in [1.82, 2.24) is 9.80 Å². The standard InChI is InChI=1S/C23H30N2O5S2/c1-5-16-8-6-7-10-24(16)20(26)9-11-25-22(27)19(32-23(25)31)14-15-12-17(28-2)21(30-4)18(13-15)29-3/h12-14,16H,5-11H2,1-4H3/b19-14+. The zero-order chi connectivity index (χ0) is 23.3. The molecule has 0 aliphatic carbocycles. The first-order valence-electron chi connectivity index (χ1n) is 10.8. The predicted octanol–water partition coefficient (Wildman–Crippen LogP) is 4.09. The third-order valence-corrected chi connectivity index (χ3v) is 7.20. The van der Waals surface area contributed by atoms with E-state index in [-0.39, 0.29) is 18.2 Å². The number of thiocarbonyl (C=S) groups is 1. The molecular formula is C23H30N2O5S2. The zero-order valence-electron chi connectivity index (χ0n) is 19.0. The maximum Gasteiger partial charge on any atom is 0.266 e. The number of methoxy groups -OCH3 is 3. The number of hydrogen-bond donors (Lipinski definition) is 0. The van der Waals surface area contributed by atoms with E-state index in [0.717, 1.165) is 31.4 Å². The number of likely N-dealkylation sites (tertiary alicyclic amines) is 1. The fourth-order valence-electron chi connectivity index (χ4n) is 4.13. The average Bonchev–Trinajstić information content (AvgIpc) is 3.08. The molecule has 1 aromatic carbocycles. The van der Waals surface area contributed by atoms with Crippen LogP contribution in [0.15, 0.2) is 17.0 Å². The van der Waals surface area contributed by atoms with Crippen molar-refractivity contribution in [1.29, 1.82) is 0 Å². The van der Waals surface area contributed by atoms with Gasteiger partial charge in [0, 0.05) is 25.6 Å². The van der Waals surface area contributed by atoms with E-state index in [1.54, 1.807) is 39.5 Å². The van der Waals surface area contributed by atoms with Crippen LogP contribution in [-0.4, -0.2) is 66.4 Å². The quantitative estimate of drug-likeness (QED) is 0.412. The van der Waals surface area contributed by atoms with E-state index >= 15 is 0 Å². The van der Waals surface area contributed by atoms with Gasteiger partial charge in [-0.05, 0) is 49.5 Å². The second kappa shape index (κ2) is 11.0. The third kappa shape index (κ3) is 5.20. The number of piperidine rings is 1. The van der Waals surface area contributed by atoms with Crippen molar-refractivity contribution in [2.24, 2.45) is 0 Å². The van der Waals surface area contributed by atoms with Crippen molar-refractivity contribution < 1.29 is 23.8 Å². The van der Waals surface area contributed by atoms with Crippen LogP contribution >= 0.6 is 24.0 Å². The number of nitrogens with zero attached hydrogens (tertiary/aromatic N) is 2. The van der Waals surface area contributed by atoms with Gasteiger partial charge in [0.05, 0.1) is 26.2 Å². The van der Waals surface area contributed by atoms with E-state index in [1.165, 1.54) is 23.1 Å². The van der Waals surface area contributed by atoms with E-state index in [1.807, 2.05) is 4.90 Å². The minimum Gasteiger partial charge on any atom is -0.493 e. The number of hydrogen-bond acceptors (Lipinski definition) is 7. The molecule has 0 saturated carbocycles. The Morgan fingerprint density at radius 3 is 2.47 bits per heavy atom. The van der Waals surface area contributed by atoms with Crippen LogP contribution in [0.5, 0.6) is 17.2 Å². The van der Waals surface area contributed by atoms with Crippen molar-refractivity contribution in [2.45, 2.75) is 45.1 Å². The molecule has 1 aromatic rings. The summed E-state index contributed by atoms with van der Waals surface area (Å²) in [6, 6.07) is 3.86. The van der Waals surface area contributed by atoms with Gasteiger partial charge >= 0.3 is 0 Å². The van der Waals surface area contributed by atoms with E-state index in [4.69, 9.17) is 26.4 Å². The summed E-state index contributed by atoms with van der Waals surface area (Å²) in [5.41, 5.74) is 0.732. The normalized spacial score (nSPS) is 20.1. The summed E-state index contributed by atoms with van der Waals surface area (Å²) < 4.78 is 16.6. The molecule has 0 radical (unpaired) electrons. The Hall–Kier alpha value is -2.26. The lowest BCUT2D eigenvalue weighted by Crippen LogP contribution is -2.44. The lowest BCUT2D eigenvalue weighted by molar-refractivity contribution is -0.135. The van der Waals surface area contributed by atoms with Crippen LogP contribution in [-0.2, 0) is 9.59 Å². The Balaban J connectivity index is 1.72. The highest BCUT2D eigenvalue weighted by Gasteiger charge is 2.33. The first-order chi connectivity index (χ1) is 15.4. The van der Waals surface area contributed by atoms with Gasteiger partial charge in [0.1, 0.15) is 4.32 Å². The zero-order valence-corrected chi connectivity index (χ0v) is 20.6. The molecule has 32 heavy (non-hydrogen) atoms. The molecule has 174 valence electrons. The van der Waals surface area contributed by atoms with Crippen molar-refractivity contribution >= 4 is 46.2 Å². The van der Waals surface area contributed by atoms with Crippen LogP contribution in [0.1, 0.15) is 44.6 Å². The Morgan fingerprint density at radius 1 is 1.19 bits per heavy atom. The van der Waals surface area contributed by atoms with Crippen molar-refractivity contribution in [3.05, 3.63) is 22.6 Å². The molecule has 0 spiro atoms. The van der Waals surface area contributed by atoms with Gasteiger partial charge in [0.2, 0.25) is 11.7 Å². The molecule has 1 atom stereocenters. The minimum atomic E-state index is -0.188. The van der Waals surface area contributed by atoms with Gasteiger partial charge in [-0.25, -0.2) is 0 Å². The van der Waals surface area contributed by atoms with E-state index < -0.39 is 0 Å². The minimum absolute atomic E-state index is 0.0965. The van der Waals surface area contributed by atoms with Crippen LogP contribution in [0.4, 0.5) is 0 Å². The van der Waals surface area contributed by atoms with Gasteiger partial charge in [-0.15, -0.1) is 0 Å². The number of ether oxygens (including phenoxy) is 3. The Bertz CT molecular complexity index is 893. The molecule has 0 bridgehead atoms. The van der Waals surface area contributed by atoms with Crippen LogP contribution in [0, 0.1) is 0 Å². The molecule has 9 heteroatoms. The average molecular weight is 479 g/mol. The second-order valence-corrected chi connectivity index (χ2v) is 9.36. The Labute approximate surface area is 199 Å². The highest BCUT2D eigenvalue weighted by molar-refractivity contribution is 8.26. The molecule has 2 fully saturated rings. The van der Waals surface area contributed by atoms with Gasteiger partial charge in [-0.3, -0.25) is 14.5 Å². The predicted molar refractivity (Wildman–Crippen MR) is 130 cm³/mol. The number of amides is 2. The molecule has 2 aliphatic rings. The van der Waals surface area contributed by atoms with Crippen molar-refractivity contribution in [3.63, 3.8) is 0 Å². The monoisotopic (exact) mass is 478 g/mol. The van der Waals surface area contributed by atoms with Gasteiger partial charge < -0.3 is 19.1 Å². The summed E-state index contributed by atoms with van der Waals surface area (Å²) >= 11 is 6.67. The first-order valence-corrected chi connectivity index (χ1v) is 12.0. The number of benzene rings is 1. The van der Waals surface area contributed by atoms with Gasteiger partial charge in [-0.2, -0.15) is 0 Å². The summed E-state index contributed by atoms with van der Waals surface area (Å²) in [4.78, 5) is 29.8. The van der Waals surface area contributed by atoms with E-state index in [9.17, 15) is 9.59 Å². The molecule has 2 amide bonds. The van der Waals surface area contributed by atoms with Crippen LogP contribution in [0.2, 0.25) is 0 Å². The number of carbonyl (C=O) groups is 2. The summed E-state index contributed by atoms with van der Waals surface area (Å²) in [6.07, 6.45) is 6.26. The molecule has 2 heterocycles. The fraction of sp³-hybridized carbons (Fsp3) is 0.522. The molecule has 0 aromatic heterocycles. The third-order valence-electron chi connectivity index (χ3n) is 5.83. The molecule has 3 rings (SSSR count). The summed E-state index contributed by atoms with van der Waals surface area (Å²) in [7, 11) is 4.63. The molecule has 0 N–H and O–H groups in total. The first kappa shape index (κ1) is 24.4. The number of thioether (sulfide) groups is 1. The molecule has 2 aliphatic heterocycles. The topological polar surface area (TPSA) is 68.3 Å². The maximum absolute atomic E-state index is 13.0. The van der Waals surface area contributed by atoms with Crippen LogP contribution < -0.4 is 14.2 Å². The summed E-state index contributed by atoms with van der Waals surface area (Å²) in [5.74, 6) is 1.41. The summed E-state index contributed by atoms with van der Waals surface area (Å²) in [6.45, 7) is 3.21. The van der Waals surface area contributed by atoms with Crippen LogP contribution in [0.25, 0.3) is 6.08 Å². The number of carbonyl (C=O) groups excluding carboxylic acids is 2. The fourth-order valence-corrected chi connectivity index (χ4v) is 5.44. The second-order valence-electron chi connectivity index (χ2n) is 7.69. The smallest absolute Gasteiger partial charge is 0.266 e. The Kier molecular flexibility index (Phi) is 8.42. The molecule has 1 unspecified atom stereocenters. The summed E-state index contributed by atoms with van der Waals surface area (Å²) in [5, 5.41) is 0. The largest absolute Gasteiger partial charge is 0.493 e. The van der Waals surface area contributed by atoms with Crippen molar-refractivity contribution in [2.75, 3.05) is 34.4 Å². The lowest BCUT2D eigenvalue weighted by Gasteiger charge is -2.35. The highest BCUT2D eigenvalue weighted by Crippen LogP contribution is 2.40. The van der Waals surface area contributed by atoms with Gasteiger partial charge in [0.25, 0.3) is 5.91 Å². The SMILES string of the molecule is CCC1CCCCN1C(=O)CCN1C(=O)/C(=C\c2cc(OC)c(OC)c(OC)c2)SC1=S.